The molecule has 4 heteroatoms. The summed E-state index contributed by atoms with van der Waals surface area (Å²) in [6.07, 6.45) is 7.54. The number of hydrogen-bond acceptors (Lipinski definition) is 4. The molecule has 75 valence electrons. The fourth-order valence-electron chi connectivity index (χ4n) is 1.50. The lowest BCUT2D eigenvalue weighted by Gasteiger charge is -2.17. The fourth-order valence-corrected chi connectivity index (χ4v) is 1.50. The molecule has 1 saturated carbocycles. The van der Waals surface area contributed by atoms with Gasteiger partial charge in [0.15, 0.2) is 12.1 Å². The van der Waals surface area contributed by atoms with Gasteiger partial charge in [0.05, 0.1) is 0 Å². The molecule has 1 aromatic rings. The van der Waals surface area contributed by atoms with Crippen LogP contribution >= 0.6 is 0 Å². The average Bonchev–Trinajstić information content (AvgIpc) is 3.01. The number of hydrogen-bond donors (Lipinski definition) is 1. The van der Waals surface area contributed by atoms with Crippen molar-refractivity contribution in [2.75, 3.05) is 11.6 Å². The predicted molar refractivity (Wildman–Crippen MR) is 52.3 cm³/mol. The van der Waals surface area contributed by atoms with Crippen LogP contribution in [0.5, 0.6) is 0 Å². The van der Waals surface area contributed by atoms with Crippen LogP contribution in [-0.4, -0.2) is 21.7 Å². The lowest BCUT2D eigenvalue weighted by atomic mass is 10.2. The Labute approximate surface area is 83.6 Å². The third-order valence-electron chi connectivity index (χ3n) is 2.37. The molecule has 0 aromatic carbocycles. The molecule has 1 aliphatic rings. The first-order valence-electron chi connectivity index (χ1n) is 5.02. The van der Waals surface area contributed by atoms with Gasteiger partial charge in [-0.15, -0.1) is 0 Å². The first-order chi connectivity index (χ1) is 6.83. The van der Waals surface area contributed by atoms with Crippen molar-refractivity contribution >= 4 is 5.82 Å². The lowest BCUT2D eigenvalue weighted by Crippen LogP contribution is -2.21. The molecule has 0 atom stereocenters. The number of rotatable bonds is 4. The zero-order chi connectivity index (χ0) is 9.97. The van der Waals surface area contributed by atoms with Gasteiger partial charge in [0.2, 0.25) is 0 Å². The highest BCUT2D eigenvalue weighted by Crippen LogP contribution is 2.42. The largest absolute Gasteiger partial charge is 0.287 e. The molecule has 1 radical (unpaired) electrons. The second-order valence-corrected chi connectivity index (χ2v) is 3.65. The van der Waals surface area contributed by atoms with Crippen molar-refractivity contribution in [2.45, 2.75) is 32.1 Å². The highest BCUT2D eigenvalue weighted by molar-refractivity contribution is 5.46. The van der Waals surface area contributed by atoms with Crippen LogP contribution in [0.15, 0.2) is 6.20 Å². The molecule has 0 spiro atoms. The van der Waals surface area contributed by atoms with E-state index in [1.807, 2.05) is 6.92 Å². The Bertz CT molecular complexity index is 312. The van der Waals surface area contributed by atoms with Crippen LogP contribution in [-0.2, 0) is 0 Å². The Morgan fingerprint density at radius 2 is 2.43 bits per heavy atom. The molecule has 1 N–H and O–H groups in total. The van der Waals surface area contributed by atoms with Gasteiger partial charge in [-0.3, -0.25) is 5.21 Å². The van der Waals surface area contributed by atoms with E-state index in [0.29, 0.717) is 18.3 Å². The summed E-state index contributed by atoms with van der Waals surface area (Å²) in [6, 6.07) is 0. The molecule has 2 rings (SSSR count). The molecule has 1 heterocycles. The van der Waals surface area contributed by atoms with Gasteiger partial charge in [0.1, 0.15) is 0 Å². The third kappa shape index (κ3) is 1.85. The Hall–Kier alpha value is -1.16. The molecule has 1 aromatic heterocycles. The van der Waals surface area contributed by atoms with Crippen molar-refractivity contribution in [1.82, 2.24) is 9.97 Å². The van der Waals surface area contributed by atoms with E-state index >= 15 is 0 Å². The van der Waals surface area contributed by atoms with E-state index < -0.39 is 0 Å². The fraction of sp³-hybridized carbons (Fsp3) is 0.600. The molecular weight excluding hydrogens is 178 g/mol. The van der Waals surface area contributed by atoms with Crippen LogP contribution in [0, 0.1) is 6.33 Å². The molecule has 4 nitrogen and oxygen atoms in total. The summed E-state index contributed by atoms with van der Waals surface area (Å²) < 4.78 is 0. The van der Waals surface area contributed by atoms with Gasteiger partial charge in [-0.05, 0) is 25.2 Å². The molecular formula is C10H14N3O. The van der Waals surface area contributed by atoms with Crippen LogP contribution in [0.3, 0.4) is 0 Å². The third-order valence-corrected chi connectivity index (χ3v) is 2.37. The summed E-state index contributed by atoms with van der Waals surface area (Å²) in [4.78, 5) is 7.87. The van der Waals surface area contributed by atoms with E-state index in [1.54, 1.807) is 6.20 Å². The summed E-state index contributed by atoms with van der Waals surface area (Å²) in [5.41, 5.74) is 1.06. The molecule has 0 amide bonds. The van der Waals surface area contributed by atoms with E-state index in [1.165, 1.54) is 17.9 Å². The second kappa shape index (κ2) is 3.92. The first kappa shape index (κ1) is 9.40. The molecule has 1 aliphatic carbocycles. The quantitative estimate of drug-likeness (QED) is 0.738. The van der Waals surface area contributed by atoms with E-state index in [2.05, 4.69) is 16.3 Å². The number of aromatic nitrogens is 2. The zero-order valence-corrected chi connectivity index (χ0v) is 8.27. The summed E-state index contributed by atoms with van der Waals surface area (Å²) in [6.45, 7) is 2.62. The molecule has 0 aliphatic heterocycles. The summed E-state index contributed by atoms with van der Waals surface area (Å²) in [5, 5.41) is 10.9. The first-order valence-corrected chi connectivity index (χ1v) is 5.02. The topological polar surface area (TPSA) is 49.2 Å². The number of hydroxylamine groups is 1. The Kier molecular flexibility index (Phi) is 2.63. The molecule has 1 fully saturated rings. The van der Waals surface area contributed by atoms with Gasteiger partial charge in [0.25, 0.3) is 0 Å². The minimum absolute atomic E-state index is 0.547. The smallest absolute Gasteiger partial charge is 0.199 e. The lowest BCUT2D eigenvalue weighted by molar-refractivity contribution is 0.249. The molecule has 0 saturated heterocycles. The predicted octanol–water partition coefficient (Wildman–Crippen LogP) is 1.76. The van der Waals surface area contributed by atoms with Crippen molar-refractivity contribution in [3.63, 3.8) is 0 Å². The molecule has 0 unspecified atom stereocenters. The maximum absolute atomic E-state index is 9.70. The van der Waals surface area contributed by atoms with Gasteiger partial charge < -0.3 is 0 Å². The van der Waals surface area contributed by atoms with Crippen molar-refractivity contribution in [2.24, 2.45) is 0 Å². The van der Waals surface area contributed by atoms with Crippen LogP contribution < -0.4 is 5.06 Å². The van der Waals surface area contributed by atoms with E-state index in [9.17, 15) is 5.21 Å². The Morgan fingerprint density at radius 3 is 3.07 bits per heavy atom. The van der Waals surface area contributed by atoms with Crippen molar-refractivity contribution in [1.29, 1.82) is 0 Å². The van der Waals surface area contributed by atoms with Gasteiger partial charge in [-0.25, -0.2) is 15.0 Å². The van der Waals surface area contributed by atoms with Gasteiger partial charge in [-0.1, -0.05) is 6.92 Å². The SMILES string of the molecule is CCCN(O)c1n[c]ncc1C1CC1. The number of anilines is 1. The van der Waals surface area contributed by atoms with Crippen molar-refractivity contribution in [3.8, 4) is 0 Å². The monoisotopic (exact) mass is 192 g/mol. The van der Waals surface area contributed by atoms with E-state index in [-0.39, 0.29) is 0 Å². The second-order valence-electron chi connectivity index (χ2n) is 3.65. The summed E-state index contributed by atoms with van der Waals surface area (Å²) in [7, 11) is 0. The van der Waals surface area contributed by atoms with Gasteiger partial charge in [0, 0.05) is 18.3 Å². The maximum atomic E-state index is 9.70. The van der Waals surface area contributed by atoms with Gasteiger partial charge in [-0.2, -0.15) is 0 Å². The van der Waals surface area contributed by atoms with Crippen LogP contribution in [0.4, 0.5) is 5.82 Å². The molecule has 0 bridgehead atoms. The summed E-state index contributed by atoms with van der Waals surface area (Å²) in [5.74, 6) is 1.18. The Balaban J connectivity index is 2.21. The minimum atomic E-state index is 0.547. The number of nitrogens with zero attached hydrogens (tertiary/aromatic N) is 3. The van der Waals surface area contributed by atoms with E-state index in [0.717, 1.165) is 12.0 Å². The molecule has 14 heavy (non-hydrogen) atoms. The van der Waals surface area contributed by atoms with Crippen LogP contribution in [0.1, 0.15) is 37.7 Å². The van der Waals surface area contributed by atoms with Crippen LogP contribution in [0.2, 0.25) is 0 Å². The maximum Gasteiger partial charge on any atom is 0.199 e. The van der Waals surface area contributed by atoms with Crippen molar-refractivity contribution < 1.29 is 5.21 Å². The van der Waals surface area contributed by atoms with Crippen LogP contribution in [0.25, 0.3) is 0 Å². The standard InChI is InChI=1S/C10H14N3O/c1-2-5-13(14)10-9(8-3-4-8)6-11-7-12-10/h6,8,14H,2-5H2,1H3. The summed E-state index contributed by atoms with van der Waals surface area (Å²) >= 11 is 0. The van der Waals surface area contributed by atoms with Crippen molar-refractivity contribution in [3.05, 3.63) is 18.1 Å². The van der Waals surface area contributed by atoms with Gasteiger partial charge >= 0.3 is 0 Å². The van der Waals surface area contributed by atoms with E-state index in [4.69, 9.17) is 0 Å². The zero-order valence-electron chi connectivity index (χ0n) is 8.27. The highest BCUT2D eigenvalue weighted by atomic mass is 16.5. The normalized spacial score (nSPS) is 15.6. The minimum Gasteiger partial charge on any atom is -0.287 e. The Morgan fingerprint density at radius 1 is 1.64 bits per heavy atom. The highest BCUT2D eigenvalue weighted by Gasteiger charge is 2.28. The average molecular weight is 192 g/mol.